The zero-order chi connectivity index (χ0) is 27.5. The largest absolute Gasteiger partial charge is 0.486 e. The molecule has 1 amide bonds. The number of benzene rings is 3. The molecule has 0 aliphatic carbocycles. The third-order valence-corrected chi connectivity index (χ3v) is 9.22. The van der Waals surface area contributed by atoms with E-state index in [2.05, 4.69) is 10.0 Å². The number of fused-ring (bicyclic) bond motifs is 1. The molecule has 0 aromatic heterocycles. The minimum Gasteiger partial charge on any atom is -0.486 e. The van der Waals surface area contributed by atoms with Crippen LogP contribution >= 0.6 is 11.6 Å². The lowest BCUT2D eigenvalue weighted by Crippen LogP contribution is -2.39. The normalized spacial score (nSPS) is 13.0. The molecule has 10 nitrogen and oxygen atoms in total. The molecular formula is C25H26ClN3O7S2. The van der Waals surface area contributed by atoms with Crippen LogP contribution in [0.2, 0.25) is 5.02 Å². The van der Waals surface area contributed by atoms with Gasteiger partial charge < -0.3 is 14.8 Å². The Morgan fingerprint density at radius 1 is 0.921 bits per heavy atom. The third-order valence-electron chi connectivity index (χ3n) is 5.67. The van der Waals surface area contributed by atoms with Crippen molar-refractivity contribution in [2.45, 2.75) is 18.7 Å². The van der Waals surface area contributed by atoms with Gasteiger partial charge in [-0.25, -0.2) is 16.8 Å². The molecule has 0 fully saturated rings. The maximum Gasteiger partial charge on any atom is 0.261 e. The van der Waals surface area contributed by atoms with Gasteiger partial charge >= 0.3 is 0 Å². The molecule has 1 aliphatic heterocycles. The molecular weight excluding hydrogens is 554 g/mol. The van der Waals surface area contributed by atoms with Gasteiger partial charge in [-0.1, -0.05) is 17.7 Å². The Labute approximate surface area is 226 Å². The first-order valence-electron chi connectivity index (χ1n) is 11.6. The van der Waals surface area contributed by atoms with Crippen molar-refractivity contribution in [2.75, 3.05) is 39.9 Å². The second-order valence-electron chi connectivity index (χ2n) is 8.38. The molecule has 202 valence electrons. The molecule has 2 N–H and O–H groups in total. The second kappa shape index (κ2) is 11.1. The summed E-state index contributed by atoms with van der Waals surface area (Å²) >= 11 is 6.07. The lowest BCUT2D eigenvalue weighted by atomic mass is 10.2. The van der Waals surface area contributed by atoms with Crippen molar-refractivity contribution in [3.05, 3.63) is 71.2 Å². The number of aryl methyl sites for hydroxylation is 1. The van der Waals surface area contributed by atoms with E-state index in [1.54, 1.807) is 31.2 Å². The highest BCUT2D eigenvalue weighted by Gasteiger charge is 2.25. The van der Waals surface area contributed by atoms with E-state index in [-0.39, 0.29) is 16.3 Å². The van der Waals surface area contributed by atoms with Crippen LogP contribution < -0.4 is 23.8 Å². The first kappa shape index (κ1) is 27.6. The van der Waals surface area contributed by atoms with Gasteiger partial charge in [-0.3, -0.25) is 13.8 Å². The molecule has 0 radical (unpaired) electrons. The van der Waals surface area contributed by atoms with Crippen molar-refractivity contribution < 1.29 is 31.1 Å². The number of nitrogens with one attached hydrogen (secondary N) is 2. The van der Waals surface area contributed by atoms with Gasteiger partial charge in [-0.15, -0.1) is 0 Å². The number of halogens is 1. The average Bonchev–Trinajstić information content (AvgIpc) is 2.89. The van der Waals surface area contributed by atoms with E-state index in [9.17, 15) is 21.6 Å². The topological polar surface area (TPSA) is 131 Å². The predicted molar refractivity (Wildman–Crippen MR) is 146 cm³/mol. The molecule has 4 rings (SSSR count). The standard InChI is InChI=1S/C25H26ClN3O7S2/c1-3-37(31,32)29(20-8-11-23-24(15-20)36-13-12-35-23)16-25(30)27-18-6-9-21(10-7-18)38(33,34)28-19-5-4-17(2)22(26)14-19/h4-11,14-15,28H,3,12-13,16H2,1-2H3,(H,27,30). The Balaban J connectivity index is 1.47. The smallest absolute Gasteiger partial charge is 0.261 e. The van der Waals surface area contributed by atoms with Gasteiger partial charge in [0.2, 0.25) is 15.9 Å². The van der Waals surface area contributed by atoms with Gasteiger partial charge in [-0.2, -0.15) is 0 Å². The molecule has 0 saturated carbocycles. The minimum atomic E-state index is -3.90. The van der Waals surface area contributed by atoms with Crippen LogP contribution in [0.5, 0.6) is 11.5 Å². The van der Waals surface area contributed by atoms with Crippen LogP contribution in [0.4, 0.5) is 17.1 Å². The highest BCUT2D eigenvalue weighted by molar-refractivity contribution is 7.93. The Kier molecular flexibility index (Phi) is 8.05. The van der Waals surface area contributed by atoms with Crippen LogP contribution in [0.3, 0.4) is 0 Å². The van der Waals surface area contributed by atoms with Crippen LogP contribution in [-0.4, -0.2) is 48.3 Å². The Morgan fingerprint density at radius 2 is 1.58 bits per heavy atom. The van der Waals surface area contributed by atoms with Crippen molar-refractivity contribution in [2.24, 2.45) is 0 Å². The van der Waals surface area contributed by atoms with E-state index in [1.165, 1.54) is 43.3 Å². The third kappa shape index (κ3) is 6.32. The number of hydrogen-bond acceptors (Lipinski definition) is 7. The number of ether oxygens (including phenoxy) is 2. The quantitative estimate of drug-likeness (QED) is 0.391. The van der Waals surface area contributed by atoms with Crippen molar-refractivity contribution >= 4 is 54.6 Å². The van der Waals surface area contributed by atoms with Crippen molar-refractivity contribution in [1.29, 1.82) is 0 Å². The maximum absolute atomic E-state index is 12.8. The monoisotopic (exact) mass is 579 g/mol. The summed E-state index contributed by atoms with van der Waals surface area (Å²) in [5.74, 6) is 0.0533. The summed E-state index contributed by atoms with van der Waals surface area (Å²) < 4.78 is 65.6. The van der Waals surface area contributed by atoms with Gasteiger partial charge in [0.25, 0.3) is 10.0 Å². The molecule has 0 saturated heterocycles. The first-order chi connectivity index (χ1) is 18.0. The van der Waals surface area contributed by atoms with E-state index >= 15 is 0 Å². The van der Waals surface area contributed by atoms with Crippen LogP contribution in [-0.2, 0) is 24.8 Å². The second-order valence-corrected chi connectivity index (χ2v) is 12.6. The summed E-state index contributed by atoms with van der Waals surface area (Å²) in [6.07, 6.45) is 0. The molecule has 1 aliphatic rings. The van der Waals surface area contributed by atoms with E-state index in [1.807, 2.05) is 0 Å². The number of sulfonamides is 2. The lowest BCUT2D eigenvalue weighted by molar-refractivity contribution is -0.114. The molecule has 3 aromatic rings. The van der Waals surface area contributed by atoms with Crippen molar-refractivity contribution in [1.82, 2.24) is 0 Å². The van der Waals surface area contributed by atoms with Crippen LogP contribution in [0, 0.1) is 6.92 Å². The first-order valence-corrected chi connectivity index (χ1v) is 15.0. The Hall–Kier alpha value is -3.48. The van der Waals surface area contributed by atoms with Crippen LogP contribution in [0.1, 0.15) is 12.5 Å². The summed E-state index contributed by atoms with van der Waals surface area (Å²) in [5.41, 5.74) is 1.68. The SMILES string of the molecule is CCS(=O)(=O)N(CC(=O)Nc1ccc(S(=O)(=O)Nc2ccc(C)c(Cl)c2)cc1)c1ccc2c(c1)OCCO2. The van der Waals surface area contributed by atoms with Gasteiger partial charge in [0, 0.05) is 16.8 Å². The number of carbonyl (C=O) groups is 1. The summed E-state index contributed by atoms with van der Waals surface area (Å²) in [4.78, 5) is 12.8. The van der Waals surface area contributed by atoms with Gasteiger partial charge in [0.15, 0.2) is 11.5 Å². The summed E-state index contributed by atoms with van der Waals surface area (Å²) in [5, 5.41) is 3.04. The minimum absolute atomic E-state index is 0.0290. The molecule has 0 spiro atoms. The zero-order valence-electron chi connectivity index (χ0n) is 20.6. The van der Waals surface area contributed by atoms with E-state index in [0.29, 0.717) is 41.1 Å². The molecule has 38 heavy (non-hydrogen) atoms. The fourth-order valence-corrected chi connectivity index (χ4v) is 5.90. The van der Waals surface area contributed by atoms with Crippen LogP contribution in [0.15, 0.2) is 65.6 Å². The maximum atomic E-state index is 12.8. The number of hydrogen-bond donors (Lipinski definition) is 2. The molecule has 13 heteroatoms. The fourth-order valence-electron chi connectivity index (χ4n) is 3.61. The van der Waals surface area contributed by atoms with E-state index in [0.717, 1.165) is 9.87 Å². The summed E-state index contributed by atoms with van der Waals surface area (Å²) in [7, 11) is -7.71. The molecule has 3 aromatic carbocycles. The van der Waals surface area contributed by atoms with E-state index in [4.69, 9.17) is 21.1 Å². The summed E-state index contributed by atoms with van der Waals surface area (Å²) in [6, 6.07) is 15.0. The Bertz CT molecular complexity index is 1560. The van der Waals surface area contributed by atoms with E-state index < -0.39 is 32.5 Å². The number of anilines is 3. The lowest BCUT2D eigenvalue weighted by Gasteiger charge is -2.25. The van der Waals surface area contributed by atoms with Gasteiger partial charge in [0.05, 0.1) is 22.0 Å². The number of nitrogens with zero attached hydrogens (tertiary/aromatic N) is 1. The molecule has 1 heterocycles. The highest BCUT2D eigenvalue weighted by atomic mass is 35.5. The predicted octanol–water partition coefficient (Wildman–Crippen LogP) is 4.02. The summed E-state index contributed by atoms with van der Waals surface area (Å²) in [6.45, 7) is 3.52. The molecule has 0 bridgehead atoms. The number of carbonyl (C=O) groups excluding carboxylic acids is 1. The van der Waals surface area contributed by atoms with Crippen molar-refractivity contribution in [3.63, 3.8) is 0 Å². The molecule has 0 atom stereocenters. The highest BCUT2D eigenvalue weighted by Crippen LogP contribution is 2.35. The average molecular weight is 580 g/mol. The zero-order valence-corrected chi connectivity index (χ0v) is 23.0. The number of amides is 1. The Morgan fingerprint density at radius 3 is 2.24 bits per heavy atom. The van der Waals surface area contributed by atoms with Crippen LogP contribution in [0.25, 0.3) is 0 Å². The van der Waals surface area contributed by atoms with Gasteiger partial charge in [0.1, 0.15) is 19.8 Å². The van der Waals surface area contributed by atoms with Crippen molar-refractivity contribution in [3.8, 4) is 11.5 Å². The number of rotatable bonds is 9. The molecule has 0 unspecified atom stereocenters. The fraction of sp³-hybridized carbons (Fsp3) is 0.240. The van der Waals surface area contributed by atoms with Gasteiger partial charge in [-0.05, 0) is 67.9 Å².